The topological polar surface area (TPSA) is 88.9 Å². The van der Waals surface area contributed by atoms with E-state index < -0.39 is 0 Å². The van der Waals surface area contributed by atoms with Crippen LogP contribution in [0.3, 0.4) is 0 Å². The van der Waals surface area contributed by atoms with Gasteiger partial charge >= 0.3 is 0 Å². The molecule has 2 aliphatic rings. The highest BCUT2D eigenvalue weighted by Gasteiger charge is 2.53. The summed E-state index contributed by atoms with van der Waals surface area (Å²) in [6, 6.07) is 9.51. The number of aryl methyl sites for hydroxylation is 1. The number of methoxy groups -OCH3 is 1. The fraction of sp³-hybridized carbons (Fsp3) is 0.478. The minimum absolute atomic E-state index is 0.00240. The van der Waals surface area contributed by atoms with E-state index in [4.69, 9.17) is 4.74 Å². The second kappa shape index (κ2) is 7.83. The average molecular weight is 421 g/mol. The molecule has 162 valence electrons. The number of aromatic amines is 1. The lowest BCUT2D eigenvalue weighted by Gasteiger charge is -2.42. The first-order valence-corrected chi connectivity index (χ1v) is 11.0. The standard InChI is InChI=1S/C23H28N6O2/c1-3-11-28-15-24-27-21(28)18-13-29(14-23(18)9-4-10-23)22(30)20-12-19(25-26-20)16-5-7-17(31-2)8-6-16/h5-8,12,15,18H,3-4,9-11,13-14H2,1-2H3,(H,25,26). The summed E-state index contributed by atoms with van der Waals surface area (Å²) in [5.74, 6) is 2.06. The summed E-state index contributed by atoms with van der Waals surface area (Å²) in [5, 5.41) is 16.0. The number of likely N-dealkylation sites (tertiary alicyclic amines) is 1. The lowest BCUT2D eigenvalue weighted by Crippen LogP contribution is -2.38. The second-order valence-electron chi connectivity index (χ2n) is 8.73. The third kappa shape index (κ3) is 3.40. The third-order valence-corrected chi connectivity index (χ3v) is 6.90. The normalized spacial score (nSPS) is 19.5. The highest BCUT2D eigenvalue weighted by molar-refractivity contribution is 5.93. The maximum Gasteiger partial charge on any atom is 0.271 e. The van der Waals surface area contributed by atoms with Crippen LogP contribution < -0.4 is 4.74 Å². The summed E-state index contributed by atoms with van der Waals surface area (Å²) >= 11 is 0. The molecule has 1 aliphatic heterocycles. The number of nitrogens with zero attached hydrogens (tertiary/aromatic N) is 5. The van der Waals surface area contributed by atoms with E-state index >= 15 is 0 Å². The smallest absolute Gasteiger partial charge is 0.271 e. The fourth-order valence-corrected chi connectivity index (χ4v) is 5.07. The van der Waals surface area contributed by atoms with Crippen molar-refractivity contribution >= 4 is 5.91 Å². The molecule has 1 spiro atoms. The van der Waals surface area contributed by atoms with Crippen molar-refractivity contribution in [1.29, 1.82) is 0 Å². The number of carbonyl (C=O) groups excluding carboxylic acids is 1. The lowest BCUT2D eigenvalue weighted by molar-refractivity contribution is 0.0718. The number of ether oxygens (including phenoxy) is 1. The molecule has 3 heterocycles. The molecule has 2 fully saturated rings. The quantitative estimate of drug-likeness (QED) is 0.659. The van der Waals surface area contributed by atoms with Gasteiger partial charge in [0.25, 0.3) is 5.91 Å². The molecule has 8 heteroatoms. The minimum Gasteiger partial charge on any atom is -0.497 e. The number of amides is 1. The molecule has 1 amide bonds. The molecular weight excluding hydrogens is 392 g/mol. The maximum absolute atomic E-state index is 13.3. The molecule has 1 N–H and O–H groups in total. The van der Waals surface area contributed by atoms with Crippen LogP contribution in [0, 0.1) is 5.41 Å². The Labute approximate surface area is 181 Å². The van der Waals surface area contributed by atoms with Crippen molar-refractivity contribution in [2.45, 2.75) is 45.1 Å². The zero-order chi connectivity index (χ0) is 21.4. The average Bonchev–Trinajstić information content (AvgIpc) is 3.51. The van der Waals surface area contributed by atoms with E-state index in [0.29, 0.717) is 12.2 Å². The van der Waals surface area contributed by atoms with Gasteiger partial charge in [0.15, 0.2) is 0 Å². The summed E-state index contributed by atoms with van der Waals surface area (Å²) in [5.41, 5.74) is 2.35. The van der Waals surface area contributed by atoms with Crippen LogP contribution in [0.5, 0.6) is 5.75 Å². The number of nitrogens with one attached hydrogen (secondary N) is 1. The highest BCUT2D eigenvalue weighted by atomic mass is 16.5. The minimum atomic E-state index is 0.00240. The van der Waals surface area contributed by atoms with Crippen molar-refractivity contribution < 1.29 is 9.53 Å². The Hall–Kier alpha value is -3.16. The van der Waals surface area contributed by atoms with Crippen LogP contribution in [0.15, 0.2) is 36.7 Å². The Morgan fingerprint density at radius 1 is 1.29 bits per heavy atom. The number of benzene rings is 1. The Morgan fingerprint density at radius 3 is 2.77 bits per heavy atom. The van der Waals surface area contributed by atoms with Crippen LogP contribution in [-0.4, -0.2) is 56.0 Å². The van der Waals surface area contributed by atoms with Gasteiger partial charge in [-0.2, -0.15) is 5.10 Å². The Kier molecular flexibility index (Phi) is 5.00. The SMILES string of the molecule is CCCn1cnnc1C1CN(C(=O)c2cc(-c3ccc(OC)cc3)n[nH]2)CC12CCC2. The van der Waals surface area contributed by atoms with Gasteiger partial charge in [0.05, 0.1) is 12.8 Å². The highest BCUT2D eigenvalue weighted by Crippen LogP contribution is 2.55. The van der Waals surface area contributed by atoms with Gasteiger partial charge < -0.3 is 14.2 Å². The van der Waals surface area contributed by atoms with Gasteiger partial charge in [0.2, 0.25) is 0 Å². The number of rotatable bonds is 6. The van der Waals surface area contributed by atoms with Gasteiger partial charge in [-0.15, -0.1) is 10.2 Å². The monoisotopic (exact) mass is 420 g/mol. The Morgan fingerprint density at radius 2 is 2.10 bits per heavy atom. The molecular formula is C23H28N6O2. The molecule has 2 aromatic heterocycles. The summed E-state index contributed by atoms with van der Waals surface area (Å²) in [6.45, 7) is 4.52. The number of aromatic nitrogens is 5. The molecule has 5 rings (SSSR count). The number of H-pyrrole nitrogens is 1. The van der Waals surface area contributed by atoms with Crippen molar-refractivity contribution in [2.75, 3.05) is 20.2 Å². The van der Waals surface area contributed by atoms with Crippen molar-refractivity contribution in [3.63, 3.8) is 0 Å². The fourth-order valence-electron chi connectivity index (χ4n) is 5.07. The van der Waals surface area contributed by atoms with Crippen LogP contribution >= 0.6 is 0 Å². The molecule has 1 saturated carbocycles. The maximum atomic E-state index is 13.3. The molecule has 1 atom stereocenters. The van der Waals surface area contributed by atoms with E-state index in [1.165, 1.54) is 6.42 Å². The first-order chi connectivity index (χ1) is 15.1. The number of hydrogen-bond acceptors (Lipinski definition) is 5. The van der Waals surface area contributed by atoms with Crippen LogP contribution in [-0.2, 0) is 6.54 Å². The molecule has 0 bridgehead atoms. The molecule has 1 saturated heterocycles. The van der Waals surface area contributed by atoms with E-state index in [-0.39, 0.29) is 17.2 Å². The zero-order valence-electron chi connectivity index (χ0n) is 18.0. The molecule has 1 unspecified atom stereocenters. The Balaban J connectivity index is 1.36. The van der Waals surface area contributed by atoms with Crippen LogP contribution in [0.25, 0.3) is 11.3 Å². The first-order valence-electron chi connectivity index (χ1n) is 11.0. The second-order valence-corrected chi connectivity index (χ2v) is 8.73. The first kappa shape index (κ1) is 19.8. The summed E-state index contributed by atoms with van der Waals surface area (Å²) in [7, 11) is 1.64. The van der Waals surface area contributed by atoms with E-state index in [0.717, 1.165) is 55.2 Å². The van der Waals surface area contributed by atoms with E-state index in [2.05, 4.69) is 31.9 Å². The van der Waals surface area contributed by atoms with Crippen molar-refractivity contribution in [1.82, 2.24) is 29.9 Å². The third-order valence-electron chi connectivity index (χ3n) is 6.90. The largest absolute Gasteiger partial charge is 0.497 e. The van der Waals surface area contributed by atoms with E-state index in [1.807, 2.05) is 41.6 Å². The van der Waals surface area contributed by atoms with E-state index in [9.17, 15) is 4.79 Å². The molecule has 8 nitrogen and oxygen atoms in total. The number of carbonyl (C=O) groups is 1. The predicted molar refractivity (Wildman–Crippen MR) is 116 cm³/mol. The van der Waals surface area contributed by atoms with Crippen molar-refractivity contribution in [3.05, 3.63) is 48.2 Å². The molecule has 1 aliphatic carbocycles. The van der Waals surface area contributed by atoms with Crippen LogP contribution in [0.4, 0.5) is 0 Å². The van der Waals surface area contributed by atoms with Gasteiger partial charge in [-0.3, -0.25) is 9.89 Å². The zero-order valence-corrected chi connectivity index (χ0v) is 18.0. The van der Waals surface area contributed by atoms with Crippen molar-refractivity contribution in [3.8, 4) is 17.0 Å². The van der Waals surface area contributed by atoms with Gasteiger partial charge in [0.1, 0.15) is 23.6 Å². The van der Waals surface area contributed by atoms with Crippen LogP contribution in [0.2, 0.25) is 0 Å². The van der Waals surface area contributed by atoms with Crippen molar-refractivity contribution in [2.24, 2.45) is 5.41 Å². The molecule has 3 aromatic rings. The van der Waals surface area contributed by atoms with Gasteiger partial charge in [-0.05, 0) is 55.0 Å². The van der Waals surface area contributed by atoms with E-state index in [1.54, 1.807) is 7.11 Å². The Bertz CT molecular complexity index is 1070. The predicted octanol–water partition coefficient (Wildman–Crippen LogP) is 3.50. The summed E-state index contributed by atoms with van der Waals surface area (Å²) in [4.78, 5) is 15.3. The van der Waals surface area contributed by atoms with Gasteiger partial charge in [-0.1, -0.05) is 13.3 Å². The van der Waals surface area contributed by atoms with Gasteiger partial charge in [-0.25, -0.2) is 0 Å². The van der Waals surface area contributed by atoms with Gasteiger partial charge in [0, 0.05) is 31.1 Å². The summed E-state index contributed by atoms with van der Waals surface area (Å²) < 4.78 is 7.38. The molecule has 1 aromatic carbocycles. The lowest BCUT2D eigenvalue weighted by atomic mass is 9.62. The molecule has 0 radical (unpaired) electrons. The number of hydrogen-bond donors (Lipinski definition) is 1. The molecule has 31 heavy (non-hydrogen) atoms. The van der Waals surface area contributed by atoms with Crippen LogP contribution in [0.1, 0.15) is 54.8 Å². The summed E-state index contributed by atoms with van der Waals surface area (Å²) in [6.07, 6.45) is 6.36.